The molecule has 1 saturated heterocycles. The van der Waals surface area contributed by atoms with Crippen LogP contribution in [0.2, 0.25) is 0 Å². The number of methoxy groups -OCH3 is 2. The summed E-state index contributed by atoms with van der Waals surface area (Å²) in [5, 5.41) is 0.171. The van der Waals surface area contributed by atoms with Crippen molar-refractivity contribution in [2.75, 3.05) is 28.3 Å². The van der Waals surface area contributed by atoms with Crippen molar-refractivity contribution in [3.05, 3.63) is 26.8 Å². The number of halogens is 1. The highest BCUT2D eigenvalue weighted by Gasteiger charge is 2.35. The molecule has 1 aliphatic heterocycles. The van der Waals surface area contributed by atoms with Crippen molar-refractivity contribution in [2.45, 2.75) is 0 Å². The molecule has 0 bridgehead atoms. The van der Waals surface area contributed by atoms with E-state index in [0.717, 1.165) is 3.57 Å². The van der Waals surface area contributed by atoms with Gasteiger partial charge in [0, 0.05) is 23.2 Å². The molecule has 122 valence electrons. The summed E-state index contributed by atoms with van der Waals surface area (Å²) in [6, 6.07) is 3.61. The molecule has 0 saturated carbocycles. The van der Waals surface area contributed by atoms with E-state index in [1.165, 1.54) is 44.2 Å². The third-order valence-corrected chi connectivity index (χ3v) is 4.59. The second kappa shape index (κ2) is 6.83. The van der Waals surface area contributed by atoms with Crippen molar-refractivity contribution in [3.63, 3.8) is 0 Å². The minimum Gasteiger partial charge on any atom is -0.493 e. The molecule has 0 aromatic heterocycles. The molecule has 2 rings (SSSR count). The first-order chi connectivity index (χ1) is 10.8. The quantitative estimate of drug-likeness (QED) is 0.307. The Labute approximate surface area is 153 Å². The van der Waals surface area contributed by atoms with E-state index in [1.54, 1.807) is 6.07 Å². The van der Waals surface area contributed by atoms with Crippen LogP contribution in [0.1, 0.15) is 5.56 Å². The number of amides is 2. The normalized spacial score (nSPS) is 15.2. The second-order valence-electron chi connectivity index (χ2n) is 4.80. The molecule has 2 amide bonds. The first kappa shape index (κ1) is 17.7. The van der Waals surface area contributed by atoms with E-state index in [9.17, 15) is 9.59 Å². The Hall–Kier alpha value is -1.68. The van der Waals surface area contributed by atoms with E-state index in [2.05, 4.69) is 22.6 Å². The van der Waals surface area contributed by atoms with E-state index < -0.39 is 11.8 Å². The third-order valence-electron chi connectivity index (χ3n) is 3.42. The predicted molar refractivity (Wildman–Crippen MR) is 98.4 cm³/mol. The van der Waals surface area contributed by atoms with Crippen LogP contribution in [0.25, 0.3) is 6.08 Å². The SMILES string of the molecule is COc1cc(I)cc(C=C2C(=O)N(C)C(=S)N(C)C2=O)c1OC. The van der Waals surface area contributed by atoms with E-state index in [-0.39, 0.29) is 10.7 Å². The fourth-order valence-electron chi connectivity index (χ4n) is 2.20. The number of benzene rings is 1. The summed E-state index contributed by atoms with van der Waals surface area (Å²) in [7, 11) is 6.11. The highest BCUT2D eigenvalue weighted by molar-refractivity contribution is 14.1. The van der Waals surface area contributed by atoms with Gasteiger partial charge in [-0.15, -0.1) is 0 Å². The zero-order valence-electron chi connectivity index (χ0n) is 13.0. The van der Waals surface area contributed by atoms with Gasteiger partial charge in [0.15, 0.2) is 16.6 Å². The Morgan fingerprint density at radius 1 is 1.09 bits per heavy atom. The van der Waals surface area contributed by atoms with Crippen LogP contribution in [-0.2, 0) is 9.59 Å². The average molecular weight is 446 g/mol. The van der Waals surface area contributed by atoms with Gasteiger partial charge in [-0.25, -0.2) is 0 Å². The molecule has 0 atom stereocenters. The van der Waals surface area contributed by atoms with E-state index in [1.807, 2.05) is 6.07 Å². The van der Waals surface area contributed by atoms with Crippen LogP contribution in [0.15, 0.2) is 17.7 Å². The number of hydrogen-bond acceptors (Lipinski definition) is 5. The van der Waals surface area contributed by atoms with E-state index in [4.69, 9.17) is 21.7 Å². The second-order valence-corrected chi connectivity index (χ2v) is 6.41. The first-order valence-electron chi connectivity index (χ1n) is 6.55. The molecule has 0 radical (unpaired) electrons. The van der Waals surface area contributed by atoms with Gasteiger partial charge in [0.25, 0.3) is 11.8 Å². The van der Waals surface area contributed by atoms with Crippen molar-refractivity contribution in [3.8, 4) is 11.5 Å². The maximum Gasteiger partial charge on any atom is 0.265 e. The lowest BCUT2D eigenvalue weighted by molar-refractivity contribution is -0.132. The van der Waals surface area contributed by atoms with Crippen LogP contribution in [0, 0.1) is 3.57 Å². The zero-order chi connectivity index (χ0) is 17.3. The molecule has 1 aromatic carbocycles. The number of hydrogen-bond donors (Lipinski definition) is 0. The third kappa shape index (κ3) is 3.18. The van der Waals surface area contributed by atoms with Gasteiger partial charge in [-0.3, -0.25) is 19.4 Å². The topological polar surface area (TPSA) is 59.1 Å². The number of nitrogens with zero attached hydrogens (tertiary/aromatic N) is 2. The van der Waals surface area contributed by atoms with Crippen LogP contribution in [0.3, 0.4) is 0 Å². The van der Waals surface area contributed by atoms with Crippen molar-refractivity contribution in [1.29, 1.82) is 0 Å². The predicted octanol–water partition coefficient (Wildman–Crippen LogP) is 1.91. The fourth-order valence-corrected chi connectivity index (χ4v) is 2.98. The minimum atomic E-state index is -0.446. The Bertz CT molecular complexity index is 706. The summed E-state index contributed by atoms with van der Waals surface area (Å²) in [6.45, 7) is 0. The molecule has 6 nitrogen and oxygen atoms in total. The van der Waals surface area contributed by atoms with Gasteiger partial charge in [0.05, 0.1) is 14.2 Å². The Morgan fingerprint density at radius 3 is 2.13 bits per heavy atom. The maximum absolute atomic E-state index is 12.4. The number of likely N-dealkylation sites (N-methyl/N-ethyl adjacent to an activating group) is 2. The molecule has 1 fully saturated rings. The lowest BCUT2D eigenvalue weighted by atomic mass is 10.1. The summed E-state index contributed by atoms with van der Waals surface area (Å²) in [6.07, 6.45) is 1.50. The van der Waals surface area contributed by atoms with Gasteiger partial charge in [-0.1, -0.05) is 0 Å². The summed E-state index contributed by atoms with van der Waals surface area (Å²) in [5.41, 5.74) is 0.605. The van der Waals surface area contributed by atoms with Gasteiger partial charge >= 0.3 is 0 Å². The molecule has 0 spiro atoms. The van der Waals surface area contributed by atoms with Gasteiger partial charge < -0.3 is 9.47 Å². The largest absolute Gasteiger partial charge is 0.493 e. The number of carbonyl (C=O) groups is 2. The monoisotopic (exact) mass is 446 g/mol. The standard InChI is InChI=1S/C15H15IN2O4S/c1-17-13(19)10(14(20)18(2)15(17)23)6-8-5-9(16)7-11(21-3)12(8)22-4/h5-7H,1-4H3. The van der Waals surface area contributed by atoms with Crippen LogP contribution >= 0.6 is 34.8 Å². The van der Waals surface area contributed by atoms with Crippen molar-refractivity contribution in [1.82, 2.24) is 9.80 Å². The summed E-state index contributed by atoms with van der Waals surface area (Å²) >= 11 is 7.20. The molecule has 0 unspecified atom stereocenters. The number of carbonyl (C=O) groups excluding carboxylic acids is 2. The van der Waals surface area contributed by atoms with Crippen LogP contribution < -0.4 is 9.47 Å². The number of ether oxygens (including phenoxy) is 2. The lowest BCUT2D eigenvalue weighted by Gasteiger charge is -2.31. The summed E-state index contributed by atoms with van der Waals surface area (Å²) < 4.78 is 11.5. The molecular formula is C15H15IN2O4S. The molecular weight excluding hydrogens is 431 g/mol. The van der Waals surface area contributed by atoms with Crippen molar-refractivity contribution < 1.29 is 19.1 Å². The van der Waals surface area contributed by atoms with Crippen LogP contribution in [0.5, 0.6) is 11.5 Å². The maximum atomic E-state index is 12.4. The van der Waals surface area contributed by atoms with E-state index >= 15 is 0 Å². The van der Waals surface area contributed by atoms with Crippen molar-refractivity contribution >= 4 is 57.8 Å². The molecule has 1 aromatic rings. The smallest absolute Gasteiger partial charge is 0.265 e. The Balaban J connectivity index is 2.61. The highest BCUT2D eigenvalue weighted by atomic mass is 127. The van der Waals surface area contributed by atoms with E-state index in [0.29, 0.717) is 17.1 Å². The van der Waals surface area contributed by atoms with Gasteiger partial charge in [-0.05, 0) is 53.0 Å². The van der Waals surface area contributed by atoms with Gasteiger partial charge in [0.2, 0.25) is 0 Å². The summed E-state index contributed by atoms with van der Waals surface area (Å²) in [4.78, 5) is 27.3. The molecule has 8 heteroatoms. The molecule has 1 aliphatic rings. The van der Waals surface area contributed by atoms with Gasteiger partial charge in [0.1, 0.15) is 5.57 Å². The molecule has 1 heterocycles. The van der Waals surface area contributed by atoms with Crippen molar-refractivity contribution in [2.24, 2.45) is 0 Å². The molecule has 23 heavy (non-hydrogen) atoms. The average Bonchev–Trinajstić information content (AvgIpc) is 2.54. The highest BCUT2D eigenvalue weighted by Crippen LogP contribution is 2.35. The Kier molecular flexibility index (Phi) is 5.25. The Morgan fingerprint density at radius 2 is 1.65 bits per heavy atom. The van der Waals surface area contributed by atoms with Crippen LogP contribution in [0.4, 0.5) is 0 Å². The zero-order valence-corrected chi connectivity index (χ0v) is 16.0. The molecule has 0 N–H and O–H groups in total. The first-order valence-corrected chi connectivity index (χ1v) is 8.03. The summed E-state index contributed by atoms with van der Waals surface area (Å²) in [5.74, 6) is 0.0922. The number of rotatable bonds is 3. The molecule has 0 aliphatic carbocycles. The fraction of sp³-hybridized carbons (Fsp3) is 0.267. The van der Waals surface area contributed by atoms with Gasteiger partial charge in [-0.2, -0.15) is 0 Å². The number of thiocarbonyl (C=S) groups is 1. The van der Waals surface area contributed by atoms with Crippen LogP contribution in [-0.4, -0.2) is 55.0 Å². The lowest BCUT2D eigenvalue weighted by Crippen LogP contribution is -2.52. The minimum absolute atomic E-state index is 0.0194.